The molecule has 0 saturated heterocycles. The number of benzene rings is 2. The molecular formula is C34H50N4O6S. The van der Waals surface area contributed by atoms with Gasteiger partial charge in [-0.15, -0.1) is 0 Å². The lowest BCUT2D eigenvalue weighted by molar-refractivity contribution is -0.140. The predicted octanol–water partition coefficient (Wildman–Crippen LogP) is 4.03. The number of hydrogen-bond donors (Lipinski definition) is 3. The Morgan fingerprint density at radius 3 is 1.93 bits per heavy atom. The summed E-state index contributed by atoms with van der Waals surface area (Å²) in [6.45, 7) is 14.9. The monoisotopic (exact) mass is 642 g/mol. The summed E-state index contributed by atoms with van der Waals surface area (Å²) in [4.78, 5) is 42.3. The number of methoxy groups -OCH3 is 1. The number of carbonyl (C=O) groups excluding carboxylic acids is 3. The molecule has 0 aliphatic carbocycles. The molecule has 0 heterocycles. The fraction of sp³-hybridized carbons (Fsp3) is 0.500. The number of ether oxygens (including phenoxy) is 1. The lowest BCUT2D eigenvalue weighted by atomic mass is 9.76. The van der Waals surface area contributed by atoms with E-state index < -0.39 is 44.9 Å². The number of sulfonamides is 1. The van der Waals surface area contributed by atoms with Gasteiger partial charge in [-0.1, -0.05) is 84.9 Å². The first-order valence-corrected chi connectivity index (χ1v) is 16.5. The second kappa shape index (κ2) is 15.1. The Morgan fingerprint density at radius 1 is 0.911 bits per heavy atom. The molecule has 2 aromatic rings. The molecule has 0 aliphatic rings. The van der Waals surface area contributed by atoms with Gasteiger partial charge in [0, 0.05) is 18.0 Å². The number of carbonyl (C=O) groups is 3. The summed E-state index contributed by atoms with van der Waals surface area (Å²) in [6.07, 6.45) is 1.58. The fourth-order valence-electron chi connectivity index (χ4n) is 5.18. The molecule has 0 radical (unpaired) electrons. The highest BCUT2D eigenvalue weighted by molar-refractivity contribution is 7.90. The topological polar surface area (TPSA) is 134 Å². The maximum atomic E-state index is 14.1. The van der Waals surface area contributed by atoms with Crippen molar-refractivity contribution in [1.29, 1.82) is 0 Å². The van der Waals surface area contributed by atoms with Crippen LogP contribution in [0, 0.1) is 11.3 Å². The lowest BCUT2D eigenvalue weighted by Crippen LogP contribution is -2.61. The molecule has 0 saturated carbocycles. The summed E-state index contributed by atoms with van der Waals surface area (Å²) < 4.78 is 32.9. The van der Waals surface area contributed by atoms with Crippen molar-refractivity contribution >= 4 is 27.7 Å². The molecule has 10 nitrogen and oxygen atoms in total. The van der Waals surface area contributed by atoms with Crippen LogP contribution in [-0.4, -0.2) is 70.4 Å². The minimum absolute atomic E-state index is 0.0868. The first kappa shape index (κ1) is 37.5. The molecule has 3 N–H and O–H groups in total. The van der Waals surface area contributed by atoms with Crippen LogP contribution in [0.25, 0.3) is 0 Å². The zero-order valence-corrected chi connectivity index (χ0v) is 29.2. The molecule has 3 atom stereocenters. The Bertz CT molecular complexity index is 1460. The molecule has 248 valence electrons. The van der Waals surface area contributed by atoms with Gasteiger partial charge in [-0.25, -0.2) is 13.1 Å². The van der Waals surface area contributed by atoms with Gasteiger partial charge in [-0.3, -0.25) is 14.4 Å². The van der Waals surface area contributed by atoms with E-state index in [4.69, 9.17) is 4.74 Å². The van der Waals surface area contributed by atoms with Gasteiger partial charge in [0.05, 0.1) is 24.1 Å². The van der Waals surface area contributed by atoms with Crippen LogP contribution in [0.4, 0.5) is 0 Å². The van der Waals surface area contributed by atoms with E-state index in [0.717, 1.165) is 5.56 Å². The third-order valence-electron chi connectivity index (χ3n) is 8.04. The van der Waals surface area contributed by atoms with Gasteiger partial charge in [-0.2, -0.15) is 0 Å². The molecule has 0 bridgehead atoms. The summed E-state index contributed by atoms with van der Waals surface area (Å²) in [5, 5.41) is 6.15. The van der Waals surface area contributed by atoms with Crippen molar-refractivity contribution in [3.8, 4) is 5.75 Å². The maximum Gasteiger partial charge on any atom is 0.264 e. The summed E-state index contributed by atoms with van der Waals surface area (Å²) in [6, 6.07) is 13.3. The van der Waals surface area contributed by atoms with Crippen molar-refractivity contribution < 1.29 is 27.5 Å². The Hall–Kier alpha value is -3.70. The smallest absolute Gasteiger partial charge is 0.264 e. The molecule has 45 heavy (non-hydrogen) atoms. The van der Waals surface area contributed by atoms with Crippen molar-refractivity contribution in [2.75, 3.05) is 21.2 Å². The molecule has 0 aromatic heterocycles. The largest absolute Gasteiger partial charge is 0.497 e. The van der Waals surface area contributed by atoms with Crippen LogP contribution >= 0.6 is 0 Å². The van der Waals surface area contributed by atoms with Crippen molar-refractivity contribution in [3.05, 3.63) is 71.8 Å². The highest BCUT2D eigenvalue weighted by atomic mass is 32.2. The molecular weight excluding hydrogens is 592 g/mol. The zero-order chi connectivity index (χ0) is 34.3. The summed E-state index contributed by atoms with van der Waals surface area (Å²) in [5.74, 6) is -1.12. The molecule has 3 unspecified atom stereocenters. The minimum Gasteiger partial charge on any atom is -0.497 e. The van der Waals surface area contributed by atoms with Crippen LogP contribution in [0.2, 0.25) is 0 Å². The fourth-order valence-corrected chi connectivity index (χ4v) is 6.20. The van der Waals surface area contributed by atoms with Gasteiger partial charge in [0.1, 0.15) is 11.8 Å². The van der Waals surface area contributed by atoms with Gasteiger partial charge in [-0.05, 0) is 55.1 Å². The summed E-state index contributed by atoms with van der Waals surface area (Å²) in [7, 11) is 0.668. The van der Waals surface area contributed by atoms with E-state index >= 15 is 0 Å². The number of nitrogens with zero attached hydrogens (tertiary/aromatic N) is 1. The van der Waals surface area contributed by atoms with Crippen LogP contribution in [0.1, 0.15) is 61.0 Å². The first-order chi connectivity index (χ1) is 20.8. The van der Waals surface area contributed by atoms with E-state index in [1.165, 1.54) is 43.2 Å². The highest BCUT2D eigenvalue weighted by Crippen LogP contribution is 2.29. The van der Waals surface area contributed by atoms with Crippen molar-refractivity contribution in [2.24, 2.45) is 11.3 Å². The van der Waals surface area contributed by atoms with Crippen LogP contribution in [-0.2, 0) is 29.8 Å². The van der Waals surface area contributed by atoms with Crippen LogP contribution in [0.5, 0.6) is 5.75 Å². The van der Waals surface area contributed by atoms with Crippen molar-refractivity contribution in [2.45, 2.75) is 83.8 Å². The number of likely N-dealkylation sites (N-methyl/N-ethyl adjacent to an activating group) is 2. The second-order valence-corrected chi connectivity index (χ2v) is 14.9. The minimum atomic E-state index is -4.14. The molecule has 0 aliphatic heterocycles. The van der Waals surface area contributed by atoms with Gasteiger partial charge >= 0.3 is 0 Å². The van der Waals surface area contributed by atoms with Crippen molar-refractivity contribution in [3.63, 3.8) is 0 Å². The lowest BCUT2D eigenvalue weighted by Gasteiger charge is -2.40. The second-order valence-electron chi connectivity index (χ2n) is 13.3. The van der Waals surface area contributed by atoms with Gasteiger partial charge < -0.3 is 20.3 Å². The van der Waals surface area contributed by atoms with E-state index in [1.807, 2.05) is 78.8 Å². The number of rotatable bonds is 13. The molecule has 0 fully saturated rings. The molecule has 3 amide bonds. The quantitative estimate of drug-likeness (QED) is 0.281. The molecule has 2 rings (SSSR count). The Kier molecular flexibility index (Phi) is 12.5. The van der Waals surface area contributed by atoms with Crippen LogP contribution in [0.3, 0.4) is 0 Å². The average Bonchev–Trinajstić information content (AvgIpc) is 2.97. The van der Waals surface area contributed by atoms with E-state index in [1.54, 1.807) is 20.2 Å². The molecule has 0 spiro atoms. The Labute approximate surface area is 269 Å². The van der Waals surface area contributed by atoms with Gasteiger partial charge in [0.25, 0.3) is 15.9 Å². The van der Waals surface area contributed by atoms with E-state index in [9.17, 15) is 22.8 Å². The molecule has 11 heteroatoms. The normalized spacial score (nSPS) is 14.7. The standard InChI is InChI=1S/C34H50N4O6S/c1-22(2)27(21-23(3)30(39)37-45(42,43)26-19-17-25(44-11)18-20-26)38(10)32(41)29(33(4,5)6)36-31(40)28(35-9)34(7,8)24-15-13-12-14-16-24/h12-22,27-29,35H,1-11H3,(H,36,40)(H,37,39). The summed E-state index contributed by atoms with van der Waals surface area (Å²) in [5.41, 5.74) is -0.137. The average molecular weight is 643 g/mol. The number of amides is 3. The maximum absolute atomic E-state index is 14.1. The Morgan fingerprint density at radius 2 is 1.47 bits per heavy atom. The van der Waals surface area contributed by atoms with Crippen LogP contribution in [0.15, 0.2) is 71.1 Å². The van der Waals surface area contributed by atoms with Gasteiger partial charge in [0.15, 0.2) is 0 Å². The van der Waals surface area contributed by atoms with Crippen LogP contribution < -0.4 is 20.1 Å². The predicted molar refractivity (Wildman–Crippen MR) is 177 cm³/mol. The number of nitrogens with one attached hydrogen (secondary N) is 3. The van der Waals surface area contributed by atoms with E-state index in [-0.39, 0.29) is 28.2 Å². The third-order valence-corrected chi connectivity index (χ3v) is 9.39. The third kappa shape index (κ3) is 9.40. The van der Waals surface area contributed by atoms with Gasteiger partial charge in [0.2, 0.25) is 11.8 Å². The SMILES string of the molecule is CNC(C(=O)NC(C(=O)N(C)C(C=C(C)C(=O)NS(=O)(=O)c1ccc(OC)cc1)C(C)C)C(C)(C)C)C(C)(C)c1ccccc1. The Balaban J connectivity index is 2.32. The molecule has 2 aromatic carbocycles. The highest BCUT2D eigenvalue weighted by Gasteiger charge is 2.41. The first-order valence-electron chi connectivity index (χ1n) is 15.0. The zero-order valence-electron chi connectivity index (χ0n) is 28.4. The number of hydrogen-bond acceptors (Lipinski definition) is 7. The van der Waals surface area contributed by atoms with E-state index in [0.29, 0.717) is 5.75 Å². The summed E-state index contributed by atoms with van der Waals surface area (Å²) >= 11 is 0. The van der Waals surface area contributed by atoms with E-state index in [2.05, 4.69) is 15.4 Å². The van der Waals surface area contributed by atoms with Crippen molar-refractivity contribution in [1.82, 2.24) is 20.3 Å².